The number of rotatable bonds is 11. The standard InChI is InChI=1S/C35H39N5.C2H6/c1-9-26(17-29(10-2)38-24(4)22-40(7)8)28-15-16-33(36-6)30(18-28)25(5)34-19-31-32(20-37-21-35(31)39-34)27-13-11-23(3)12-14-27;1-2/h9-21,36,38-39H,2,4-5,22H2,1,3,6-8H3;1-2H3/b26-9+,29-17+;. The van der Waals surface area contributed by atoms with Crippen molar-refractivity contribution >= 4 is 27.7 Å². The van der Waals surface area contributed by atoms with Crippen LogP contribution in [0.2, 0.25) is 0 Å². The first-order valence-corrected chi connectivity index (χ1v) is 14.4. The van der Waals surface area contributed by atoms with Gasteiger partial charge in [0.25, 0.3) is 0 Å². The molecule has 2 aromatic heterocycles. The van der Waals surface area contributed by atoms with E-state index in [0.29, 0.717) is 0 Å². The summed E-state index contributed by atoms with van der Waals surface area (Å²) in [6.07, 6.45) is 9.81. The summed E-state index contributed by atoms with van der Waals surface area (Å²) < 4.78 is 0. The summed E-state index contributed by atoms with van der Waals surface area (Å²) in [5.41, 5.74) is 12.3. The van der Waals surface area contributed by atoms with Gasteiger partial charge in [0.05, 0.1) is 11.7 Å². The molecule has 0 aliphatic carbocycles. The molecule has 0 fully saturated rings. The molecule has 4 aromatic rings. The highest BCUT2D eigenvalue weighted by molar-refractivity contribution is 5.98. The van der Waals surface area contributed by atoms with Gasteiger partial charge >= 0.3 is 0 Å². The van der Waals surface area contributed by atoms with Gasteiger partial charge in [0, 0.05) is 64.7 Å². The molecule has 0 radical (unpaired) electrons. The topological polar surface area (TPSA) is 56.0 Å². The number of aromatic amines is 1. The fraction of sp³-hybridized carbons (Fsp3) is 0.216. The second-order valence-corrected chi connectivity index (χ2v) is 10.2. The van der Waals surface area contributed by atoms with Gasteiger partial charge in [-0.2, -0.15) is 0 Å². The van der Waals surface area contributed by atoms with Gasteiger partial charge in [0.1, 0.15) is 0 Å². The lowest BCUT2D eigenvalue weighted by atomic mass is 9.95. The van der Waals surface area contributed by atoms with Crippen molar-refractivity contribution in [3.8, 4) is 11.1 Å². The van der Waals surface area contributed by atoms with Crippen LogP contribution in [0, 0.1) is 6.92 Å². The van der Waals surface area contributed by atoms with Crippen LogP contribution in [0.3, 0.4) is 0 Å². The number of hydrogen-bond donors (Lipinski definition) is 3. The predicted octanol–water partition coefficient (Wildman–Crippen LogP) is 8.81. The minimum atomic E-state index is 0.739. The molecule has 0 unspecified atom stereocenters. The minimum absolute atomic E-state index is 0.739. The Labute approximate surface area is 252 Å². The zero-order chi connectivity index (χ0) is 30.8. The molecular formula is C37H45N5. The molecule has 0 saturated heterocycles. The molecule has 0 atom stereocenters. The molecule has 4 rings (SSSR count). The lowest BCUT2D eigenvalue weighted by Crippen LogP contribution is -2.23. The summed E-state index contributed by atoms with van der Waals surface area (Å²) in [7, 11) is 5.97. The van der Waals surface area contributed by atoms with Crippen LogP contribution in [0.4, 0.5) is 5.69 Å². The molecule has 42 heavy (non-hydrogen) atoms. The van der Waals surface area contributed by atoms with Crippen molar-refractivity contribution in [2.75, 3.05) is 33.0 Å². The lowest BCUT2D eigenvalue weighted by molar-refractivity contribution is 0.438. The van der Waals surface area contributed by atoms with Gasteiger partial charge in [-0.05, 0) is 75.0 Å². The first-order chi connectivity index (χ1) is 20.2. The Kier molecular flexibility index (Phi) is 11.3. The number of hydrogen-bond acceptors (Lipinski definition) is 4. The van der Waals surface area contributed by atoms with Gasteiger partial charge in [-0.3, -0.25) is 4.98 Å². The lowest BCUT2D eigenvalue weighted by Gasteiger charge is -2.16. The Morgan fingerprint density at radius 2 is 1.74 bits per heavy atom. The van der Waals surface area contributed by atoms with E-state index in [0.717, 1.165) is 73.6 Å². The van der Waals surface area contributed by atoms with Gasteiger partial charge in [-0.1, -0.05) is 75.6 Å². The third kappa shape index (κ3) is 7.56. The fourth-order valence-electron chi connectivity index (χ4n) is 4.79. The van der Waals surface area contributed by atoms with Crippen molar-refractivity contribution < 1.29 is 0 Å². The van der Waals surface area contributed by atoms with Gasteiger partial charge in [0.2, 0.25) is 0 Å². The van der Waals surface area contributed by atoms with Crippen LogP contribution in [0.25, 0.3) is 33.2 Å². The van der Waals surface area contributed by atoms with Crippen LogP contribution >= 0.6 is 0 Å². The third-order valence-corrected chi connectivity index (χ3v) is 6.85. The highest BCUT2D eigenvalue weighted by atomic mass is 15.1. The monoisotopic (exact) mass is 559 g/mol. The summed E-state index contributed by atoms with van der Waals surface area (Å²) in [5, 5.41) is 7.84. The first kappa shape index (κ1) is 31.9. The van der Waals surface area contributed by atoms with E-state index in [1.165, 1.54) is 5.56 Å². The molecule has 0 saturated carbocycles. The summed E-state index contributed by atoms with van der Waals surface area (Å²) >= 11 is 0. The average Bonchev–Trinajstić information content (AvgIpc) is 3.44. The van der Waals surface area contributed by atoms with Crippen LogP contribution < -0.4 is 10.6 Å². The average molecular weight is 560 g/mol. The summed E-state index contributed by atoms with van der Waals surface area (Å²) in [4.78, 5) is 10.1. The van der Waals surface area contributed by atoms with Gasteiger partial charge in [-0.15, -0.1) is 0 Å². The largest absolute Gasteiger partial charge is 0.388 e. The molecule has 5 heteroatoms. The molecule has 2 aromatic carbocycles. The maximum absolute atomic E-state index is 4.51. The van der Waals surface area contributed by atoms with E-state index in [4.69, 9.17) is 0 Å². The second kappa shape index (κ2) is 14.9. The number of anilines is 1. The Morgan fingerprint density at radius 3 is 2.36 bits per heavy atom. The van der Waals surface area contributed by atoms with E-state index in [9.17, 15) is 0 Å². The van der Waals surface area contributed by atoms with E-state index in [1.54, 1.807) is 0 Å². The molecule has 3 N–H and O–H groups in total. The van der Waals surface area contributed by atoms with Crippen molar-refractivity contribution in [1.82, 2.24) is 20.2 Å². The Balaban J connectivity index is 0.00000237. The zero-order valence-corrected chi connectivity index (χ0v) is 26.2. The molecule has 0 amide bonds. The summed E-state index contributed by atoms with van der Waals surface area (Å²) in [6.45, 7) is 21.5. The number of likely N-dealkylation sites (N-methyl/N-ethyl adjacent to an activating group) is 1. The Hall–Kier alpha value is -4.61. The number of benzene rings is 2. The van der Waals surface area contributed by atoms with Crippen LogP contribution in [-0.2, 0) is 0 Å². The SMILES string of the molecule is C=C/C(=C\C(=C/C)c1ccc(NC)c(C(=C)c2cc3c(-c4ccc(C)cc4)cncc3[nH]2)c1)NC(=C)CN(C)C.CC. The maximum atomic E-state index is 4.51. The van der Waals surface area contributed by atoms with Crippen molar-refractivity contribution in [3.63, 3.8) is 0 Å². The number of aryl methyl sites for hydroxylation is 1. The van der Waals surface area contributed by atoms with Crippen LogP contribution in [0.15, 0.2) is 110 Å². The van der Waals surface area contributed by atoms with Gasteiger partial charge < -0.3 is 20.5 Å². The fourth-order valence-corrected chi connectivity index (χ4v) is 4.79. The molecule has 0 bridgehead atoms. The van der Waals surface area contributed by atoms with E-state index >= 15 is 0 Å². The number of allylic oxidation sites excluding steroid dienone is 4. The third-order valence-electron chi connectivity index (χ3n) is 6.85. The summed E-state index contributed by atoms with van der Waals surface area (Å²) in [5.74, 6) is 0. The molecule has 218 valence electrons. The summed E-state index contributed by atoms with van der Waals surface area (Å²) in [6, 6.07) is 17.1. The van der Waals surface area contributed by atoms with Crippen molar-refractivity contribution in [1.29, 1.82) is 0 Å². The Morgan fingerprint density at radius 1 is 1.02 bits per heavy atom. The van der Waals surface area contributed by atoms with Crippen LogP contribution in [0.5, 0.6) is 0 Å². The number of aromatic nitrogens is 2. The quantitative estimate of drug-likeness (QED) is 0.161. The number of pyridine rings is 1. The van der Waals surface area contributed by atoms with E-state index in [-0.39, 0.29) is 0 Å². The molecule has 0 aliphatic rings. The van der Waals surface area contributed by atoms with Gasteiger partial charge in [0.15, 0.2) is 0 Å². The van der Waals surface area contributed by atoms with Crippen LogP contribution in [0.1, 0.15) is 43.2 Å². The first-order valence-electron chi connectivity index (χ1n) is 14.4. The van der Waals surface area contributed by atoms with Crippen molar-refractivity contribution in [2.24, 2.45) is 0 Å². The number of nitrogens with zero attached hydrogens (tertiary/aromatic N) is 2. The Bertz CT molecular complexity index is 1610. The smallest absolute Gasteiger partial charge is 0.0651 e. The predicted molar refractivity (Wildman–Crippen MR) is 185 cm³/mol. The maximum Gasteiger partial charge on any atom is 0.0651 e. The van der Waals surface area contributed by atoms with Gasteiger partial charge in [-0.25, -0.2) is 0 Å². The van der Waals surface area contributed by atoms with E-state index in [1.807, 2.05) is 60.4 Å². The number of nitrogens with one attached hydrogen (secondary N) is 3. The van der Waals surface area contributed by atoms with E-state index < -0.39 is 0 Å². The number of H-pyrrole nitrogens is 1. The molecule has 2 heterocycles. The highest BCUT2D eigenvalue weighted by Crippen LogP contribution is 2.35. The number of fused-ring (bicyclic) bond motifs is 1. The minimum Gasteiger partial charge on any atom is -0.388 e. The van der Waals surface area contributed by atoms with E-state index in [2.05, 4.69) is 113 Å². The highest BCUT2D eigenvalue weighted by Gasteiger charge is 2.15. The molecular weight excluding hydrogens is 514 g/mol. The molecule has 0 spiro atoms. The van der Waals surface area contributed by atoms with Crippen LogP contribution in [-0.4, -0.2) is 42.6 Å². The molecule has 5 nitrogen and oxygen atoms in total. The van der Waals surface area contributed by atoms with Crippen molar-refractivity contribution in [3.05, 3.63) is 133 Å². The normalized spacial score (nSPS) is 11.6. The molecule has 0 aliphatic heterocycles. The zero-order valence-electron chi connectivity index (χ0n) is 26.2. The van der Waals surface area contributed by atoms with Crippen molar-refractivity contribution in [2.45, 2.75) is 27.7 Å². The second-order valence-electron chi connectivity index (χ2n) is 10.2.